The molecule has 0 saturated carbocycles. The molecule has 0 radical (unpaired) electrons. The summed E-state index contributed by atoms with van der Waals surface area (Å²) in [7, 11) is 1.71. The summed E-state index contributed by atoms with van der Waals surface area (Å²) in [5, 5.41) is 2.32. The van der Waals surface area contributed by atoms with Crippen molar-refractivity contribution in [1.82, 2.24) is 0 Å². The molecule has 2 aromatic rings. The summed E-state index contributed by atoms with van der Waals surface area (Å²) in [5.41, 5.74) is 1.40. The van der Waals surface area contributed by atoms with Gasteiger partial charge in [-0.05, 0) is 41.7 Å². The number of hydrogen-bond donors (Lipinski definition) is 1. The van der Waals surface area contributed by atoms with Gasteiger partial charge in [0.05, 0.1) is 19.9 Å². The van der Waals surface area contributed by atoms with Crippen LogP contribution >= 0.6 is 0 Å². The Bertz CT molecular complexity index is 503. The van der Waals surface area contributed by atoms with E-state index >= 15 is 0 Å². The van der Waals surface area contributed by atoms with E-state index in [1.165, 1.54) is 12.0 Å². The van der Waals surface area contributed by atoms with Crippen molar-refractivity contribution < 1.29 is 14.5 Å². The standard InChI is InChI=1S/C18H25NO2/c1-14(2)18(15-6-8-16(20-3)9-7-15)10-11-19-13-17-5-4-12-21-17/h4-9,12,14,18-19H,10-11,13H2,1-3H3/p+1/t18-/m1/s1. The summed E-state index contributed by atoms with van der Waals surface area (Å²) in [6, 6.07) is 12.5. The number of quaternary nitrogens is 1. The predicted molar refractivity (Wildman–Crippen MR) is 84.4 cm³/mol. The molecule has 1 heterocycles. The van der Waals surface area contributed by atoms with E-state index in [1.54, 1.807) is 13.4 Å². The molecule has 21 heavy (non-hydrogen) atoms. The molecular formula is C18H26NO2+. The Balaban J connectivity index is 1.86. The van der Waals surface area contributed by atoms with Gasteiger partial charge in [0.15, 0.2) is 5.76 Å². The highest BCUT2D eigenvalue weighted by Gasteiger charge is 2.16. The summed E-state index contributed by atoms with van der Waals surface area (Å²) < 4.78 is 10.6. The number of rotatable bonds is 8. The molecule has 0 amide bonds. The van der Waals surface area contributed by atoms with E-state index in [-0.39, 0.29) is 0 Å². The molecule has 0 spiro atoms. The Hall–Kier alpha value is -1.74. The van der Waals surface area contributed by atoms with E-state index in [0.717, 1.165) is 24.6 Å². The van der Waals surface area contributed by atoms with Gasteiger partial charge in [0.25, 0.3) is 0 Å². The number of benzene rings is 1. The highest BCUT2D eigenvalue weighted by Crippen LogP contribution is 2.28. The monoisotopic (exact) mass is 288 g/mol. The molecule has 1 aromatic heterocycles. The maximum absolute atomic E-state index is 5.35. The molecule has 0 aliphatic carbocycles. The average molecular weight is 288 g/mol. The smallest absolute Gasteiger partial charge is 0.157 e. The van der Waals surface area contributed by atoms with Crippen LogP contribution in [0.5, 0.6) is 5.75 Å². The minimum absolute atomic E-state index is 0.587. The molecule has 2 N–H and O–H groups in total. The van der Waals surface area contributed by atoms with Crippen LogP contribution in [0.1, 0.15) is 37.5 Å². The van der Waals surface area contributed by atoms with Crippen LogP contribution in [0.3, 0.4) is 0 Å². The molecule has 3 heteroatoms. The van der Waals surface area contributed by atoms with E-state index in [9.17, 15) is 0 Å². The fraction of sp³-hybridized carbons (Fsp3) is 0.444. The number of ether oxygens (including phenoxy) is 1. The second kappa shape index (κ2) is 7.89. The van der Waals surface area contributed by atoms with Gasteiger partial charge in [-0.15, -0.1) is 0 Å². The minimum atomic E-state index is 0.587. The Morgan fingerprint density at radius 2 is 1.90 bits per heavy atom. The lowest BCUT2D eigenvalue weighted by Gasteiger charge is -2.21. The fourth-order valence-electron chi connectivity index (χ4n) is 2.71. The number of methoxy groups -OCH3 is 1. The third-order valence-corrected chi connectivity index (χ3v) is 3.96. The van der Waals surface area contributed by atoms with Crippen LogP contribution in [0.25, 0.3) is 0 Å². The van der Waals surface area contributed by atoms with Crippen LogP contribution in [0.4, 0.5) is 0 Å². The van der Waals surface area contributed by atoms with Crippen LogP contribution in [-0.4, -0.2) is 13.7 Å². The fourth-order valence-corrected chi connectivity index (χ4v) is 2.71. The summed E-state index contributed by atoms with van der Waals surface area (Å²) in [5.74, 6) is 3.19. The molecule has 0 unspecified atom stereocenters. The van der Waals surface area contributed by atoms with Crippen LogP contribution in [0, 0.1) is 5.92 Å². The van der Waals surface area contributed by atoms with Crippen molar-refractivity contribution >= 4 is 0 Å². The Kier molecular flexibility index (Phi) is 5.88. The first-order chi connectivity index (χ1) is 10.2. The van der Waals surface area contributed by atoms with Gasteiger partial charge in [-0.25, -0.2) is 0 Å². The molecule has 0 bridgehead atoms. The Morgan fingerprint density at radius 1 is 1.14 bits per heavy atom. The maximum atomic E-state index is 5.35. The van der Waals surface area contributed by atoms with E-state index < -0.39 is 0 Å². The van der Waals surface area contributed by atoms with Crippen molar-refractivity contribution in [3.8, 4) is 5.75 Å². The molecular weight excluding hydrogens is 262 g/mol. The molecule has 0 saturated heterocycles. The highest BCUT2D eigenvalue weighted by atomic mass is 16.5. The first-order valence-corrected chi connectivity index (χ1v) is 7.68. The van der Waals surface area contributed by atoms with Gasteiger partial charge in [-0.3, -0.25) is 0 Å². The van der Waals surface area contributed by atoms with E-state index in [1.807, 2.05) is 12.1 Å². The zero-order valence-corrected chi connectivity index (χ0v) is 13.2. The second-order valence-corrected chi connectivity index (χ2v) is 5.77. The van der Waals surface area contributed by atoms with Crippen molar-refractivity contribution in [1.29, 1.82) is 0 Å². The molecule has 1 aromatic carbocycles. The van der Waals surface area contributed by atoms with Crippen molar-refractivity contribution in [3.05, 3.63) is 54.0 Å². The van der Waals surface area contributed by atoms with Gasteiger partial charge in [-0.2, -0.15) is 0 Å². The molecule has 0 aliphatic rings. The lowest BCUT2D eigenvalue weighted by atomic mass is 9.86. The van der Waals surface area contributed by atoms with Crippen molar-refractivity contribution in [2.75, 3.05) is 13.7 Å². The van der Waals surface area contributed by atoms with Gasteiger partial charge >= 0.3 is 0 Å². The van der Waals surface area contributed by atoms with E-state index in [4.69, 9.17) is 9.15 Å². The molecule has 3 nitrogen and oxygen atoms in total. The Morgan fingerprint density at radius 3 is 2.48 bits per heavy atom. The maximum Gasteiger partial charge on any atom is 0.157 e. The van der Waals surface area contributed by atoms with Gasteiger partial charge in [-0.1, -0.05) is 26.0 Å². The van der Waals surface area contributed by atoms with E-state index in [2.05, 4.69) is 43.4 Å². The molecule has 0 fully saturated rings. The lowest BCUT2D eigenvalue weighted by molar-refractivity contribution is -0.673. The molecule has 1 atom stereocenters. The largest absolute Gasteiger partial charge is 0.497 e. The van der Waals surface area contributed by atoms with Gasteiger partial charge in [0.2, 0.25) is 0 Å². The van der Waals surface area contributed by atoms with Crippen molar-refractivity contribution in [2.24, 2.45) is 5.92 Å². The van der Waals surface area contributed by atoms with E-state index in [0.29, 0.717) is 11.8 Å². The number of nitrogens with two attached hydrogens (primary N) is 1. The quantitative estimate of drug-likeness (QED) is 0.758. The predicted octanol–water partition coefficient (Wildman–Crippen LogP) is 3.18. The first-order valence-electron chi connectivity index (χ1n) is 7.68. The normalized spacial score (nSPS) is 12.6. The van der Waals surface area contributed by atoms with Crippen LogP contribution in [0.15, 0.2) is 47.1 Å². The Labute approximate surface area is 127 Å². The summed E-state index contributed by atoms with van der Waals surface area (Å²) >= 11 is 0. The topological polar surface area (TPSA) is 39.0 Å². The van der Waals surface area contributed by atoms with Gasteiger partial charge < -0.3 is 14.5 Å². The van der Waals surface area contributed by atoms with Gasteiger partial charge in [0, 0.05) is 6.42 Å². The number of furan rings is 1. The second-order valence-electron chi connectivity index (χ2n) is 5.77. The van der Waals surface area contributed by atoms with Crippen LogP contribution < -0.4 is 10.1 Å². The van der Waals surface area contributed by atoms with Crippen LogP contribution in [-0.2, 0) is 6.54 Å². The first kappa shape index (κ1) is 15.6. The molecule has 114 valence electrons. The number of hydrogen-bond acceptors (Lipinski definition) is 2. The zero-order chi connectivity index (χ0) is 15.1. The highest BCUT2D eigenvalue weighted by molar-refractivity contribution is 5.29. The lowest BCUT2D eigenvalue weighted by Crippen LogP contribution is -2.82. The summed E-state index contributed by atoms with van der Waals surface area (Å²) in [6.07, 6.45) is 2.90. The van der Waals surface area contributed by atoms with Crippen LogP contribution in [0.2, 0.25) is 0 Å². The third-order valence-electron chi connectivity index (χ3n) is 3.96. The van der Waals surface area contributed by atoms with Gasteiger partial charge in [0.1, 0.15) is 12.3 Å². The summed E-state index contributed by atoms with van der Waals surface area (Å²) in [6.45, 7) is 6.61. The SMILES string of the molecule is COc1ccc([C@H](CC[NH2+]Cc2ccco2)C(C)C)cc1. The van der Waals surface area contributed by atoms with Crippen molar-refractivity contribution in [2.45, 2.75) is 32.7 Å². The third kappa shape index (κ3) is 4.64. The summed E-state index contributed by atoms with van der Waals surface area (Å²) in [4.78, 5) is 0. The van der Waals surface area contributed by atoms with Crippen molar-refractivity contribution in [3.63, 3.8) is 0 Å². The molecule has 0 aliphatic heterocycles. The zero-order valence-electron chi connectivity index (χ0n) is 13.2. The minimum Gasteiger partial charge on any atom is -0.497 e. The average Bonchev–Trinajstić information content (AvgIpc) is 3.00. The molecule has 2 rings (SSSR count).